The van der Waals surface area contributed by atoms with Gasteiger partial charge in [0.25, 0.3) is 10.0 Å². The van der Waals surface area contributed by atoms with E-state index in [0.717, 1.165) is 4.68 Å². The van der Waals surface area contributed by atoms with Crippen LogP contribution in [0.5, 0.6) is 0 Å². The molecule has 0 saturated carbocycles. The largest absolute Gasteiger partial charge is 0.255 e. The number of halogens is 1. The van der Waals surface area contributed by atoms with Crippen molar-refractivity contribution in [3.63, 3.8) is 0 Å². The van der Waals surface area contributed by atoms with Gasteiger partial charge in [-0.3, -0.25) is 4.68 Å². The molecule has 0 amide bonds. The predicted molar refractivity (Wildman–Crippen MR) is 52.0 cm³/mol. The fourth-order valence-corrected chi connectivity index (χ4v) is 2.40. The average molecular weight is 229 g/mol. The standard InChI is InChI=1S/C8H8FN3O2S/c1-12-8(15(10,13)14)7-5(9)3-2-4-6(7)11-12/h2-4H,1H3,(H2,10,13,14). The van der Waals surface area contributed by atoms with Crippen molar-refractivity contribution in [3.05, 3.63) is 24.0 Å². The van der Waals surface area contributed by atoms with E-state index in [1.807, 2.05) is 0 Å². The van der Waals surface area contributed by atoms with E-state index in [1.165, 1.54) is 25.2 Å². The zero-order valence-corrected chi connectivity index (χ0v) is 8.62. The molecule has 1 aromatic carbocycles. The first-order chi connectivity index (χ1) is 6.91. The van der Waals surface area contributed by atoms with Crippen LogP contribution in [0.25, 0.3) is 10.9 Å². The van der Waals surface area contributed by atoms with Gasteiger partial charge in [0.1, 0.15) is 5.82 Å². The summed E-state index contributed by atoms with van der Waals surface area (Å²) >= 11 is 0. The molecular weight excluding hydrogens is 221 g/mol. The van der Waals surface area contributed by atoms with E-state index >= 15 is 0 Å². The average Bonchev–Trinajstić information content (AvgIpc) is 2.41. The van der Waals surface area contributed by atoms with Gasteiger partial charge in [0, 0.05) is 7.05 Å². The van der Waals surface area contributed by atoms with Crippen LogP contribution in [0.15, 0.2) is 23.2 Å². The summed E-state index contributed by atoms with van der Waals surface area (Å²) in [5.74, 6) is -0.648. The second-order valence-corrected chi connectivity index (χ2v) is 4.58. The molecule has 0 unspecified atom stereocenters. The fourth-order valence-electron chi connectivity index (χ4n) is 1.50. The highest BCUT2D eigenvalue weighted by molar-refractivity contribution is 7.89. The number of aryl methyl sites for hydroxylation is 1. The van der Waals surface area contributed by atoms with E-state index < -0.39 is 15.8 Å². The van der Waals surface area contributed by atoms with E-state index in [0.29, 0.717) is 0 Å². The molecule has 0 aliphatic rings. The maximum atomic E-state index is 13.4. The molecule has 0 saturated heterocycles. The number of nitrogens with two attached hydrogens (primary N) is 1. The number of sulfonamides is 1. The van der Waals surface area contributed by atoms with Crippen molar-refractivity contribution in [2.75, 3.05) is 0 Å². The van der Waals surface area contributed by atoms with E-state index in [9.17, 15) is 12.8 Å². The van der Waals surface area contributed by atoms with Gasteiger partial charge >= 0.3 is 0 Å². The minimum Gasteiger partial charge on any atom is -0.255 e. The van der Waals surface area contributed by atoms with Crippen molar-refractivity contribution < 1.29 is 12.8 Å². The second-order valence-electron chi connectivity index (χ2n) is 3.11. The molecule has 7 heteroatoms. The molecule has 1 aromatic heterocycles. The summed E-state index contributed by atoms with van der Waals surface area (Å²) in [5, 5.41) is 8.46. The van der Waals surface area contributed by atoms with Gasteiger partial charge in [-0.15, -0.1) is 0 Å². The first-order valence-corrected chi connectivity index (χ1v) is 5.60. The minimum absolute atomic E-state index is 0.0671. The van der Waals surface area contributed by atoms with E-state index in [2.05, 4.69) is 5.10 Å². The molecule has 2 N–H and O–H groups in total. The van der Waals surface area contributed by atoms with Gasteiger partial charge in [-0.05, 0) is 12.1 Å². The van der Waals surface area contributed by atoms with Gasteiger partial charge in [-0.2, -0.15) is 5.10 Å². The quantitative estimate of drug-likeness (QED) is 0.766. The van der Waals surface area contributed by atoms with Gasteiger partial charge in [0.2, 0.25) is 0 Å². The van der Waals surface area contributed by atoms with Crippen LogP contribution in [0.3, 0.4) is 0 Å². The molecule has 0 aliphatic heterocycles. The Bertz CT molecular complexity index is 633. The molecule has 15 heavy (non-hydrogen) atoms. The summed E-state index contributed by atoms with van der Waals surface area (Å²) in [6, 6.07) is 4.14. The Morgan fingerprint density at radius 2 is 2.13 bits per heavy atom. The SMILES string of the molecule is Cn1nc2cccc(F)c2c1S(N)(=O)=O. The molecule has 1 heterocycles. The number of aromatic nitrogens is 2. The van der Waals surface area contributed by atoms with Crippen LogP contribution in [-0.4, -0.2) is 18.2 Å². The van der Waals surface area contributed by atoms with Gasteiger partial charge in [-0.1, -0.05) is 6.07 Å². The summed E-state index contributed by atoms with van der Waals surface area (Å²) in [4.78, 5) is 0. The van der Waals surface area contributed by atoms with Crippen LogP contribution >= 0.6 is 0 Å². The second kappa shape index (κ2) is 3.01. The number of fused-ring (bicyclic) bond motifs is 1. The molecule has 0 fully saturated rings. The third-order valence-corrected chi connectivity index (χ3v) is 3.03. The Balaban J connectivity index is 3.02. The zero-order chi connectivity index (χ0) is 11.2. The van der Waals surface area contributed by atoms with Crippen LogP contribution in [-0.2, 0) is 17.1 Å². The molecule has 0 aliphatic carbocycles. The van der Waals surface area contributed by atoms with Crippen LogP contribution in [0, 0.1) is 5.82 Å². The molecule has 2 rings (SSSR count). The summed E-state index contributed by atoms with van der Waals surface area (Å²) in [7, 11) is -2.58. The van der Waals surface area contributed by atoms with E-state index in [4.69, 9.17) is 5.14 Å². The van der Waals surface area contributed by atoms with E-state index in [-0.39, 0.29) is 15.9 Å². The fraction of sp³-hybridized carbons (Fsp3) is 0.125. The Kier molecular flexibility index (Phi) is 2.02. The Morgan fingerprint density at radius 3 is 2.73 bits per heavy atom. The summed E-state index contributed by atoms with van der Waals surface area (Å²) in [6.45, 7) is 0. The first kappa shape index (κ1) is 10.1. The summed E-state index contributed by atoms with van der Waals surface area (Å²) in [5.41, 5.74) is 0.265. The number of primary sulfonamides is 1. The van der Waals surface area contributed by atoms with E-state index in [1.54, 1.807) is 0 Å². The summed E-state index contributed by atoms with van der Waals surface area (Å²) < 4.78 is 36.9. The Hall–Kier alpha value is -1.47. The smallest absolute Gasteiger partial charge is 0.255 e. The predicted octanol–water partition coefficient (Wildman–Crippen LogP) is 0.360. The number of hydrogen-bond donors (Lipinski definition) is 1. The lowest BCUT2D eigenvalue weighted by atomic mass is 10.2. The first-order valence-electron chi connectivity index (χ1n) is 4.05. The van der Waals surface area contributed by atoms with Gasteiger partial charge < -0.3 is 0 Å². The molecule has 0 radical (unpaired) electrons. The summed E-state index contributed by atoms with van der Waals surface area (Å²) in [6.07, 6.45) is 0. The highest BCUT2D eigenvalue weighted by atomic mass is 32.2. The maximum absolute atomic E-state index is 13.4. The Morgan fingerprint density at radius 1 is 1.47 bits per heavy atom. The number of hydrogen-bond acceptors (Lipinski definition) is 3. The van der Waals surface area contributed by atoms with Crippen LogP contribution in [0.2, 0.25) is 0 Å². The maximum Gasteiger partial charge on any atom is 0.255 e. The highest BCUT2D eigenvalue weighted by Crippen LogP contribution is 2.23. The van der Waals surface area contributed by atoms with Crippen molar-refractivity contribution in [2.45, 2.75) is 5.03 Å². The van der Waals surface area contributed by atoms with Crippen LogP contribution in [0.4, 0.5) is 4.39 Å². The third kappa shape index (κ3) is 1.49. The van der Waals surface area contributed by atoms with Crippen molar-refractivity contribution in [1.82, 2.24) is 9.78 Å². The number of benzene rings is 1. The lowest BCUT2D eigenvalue weighted by Gasteiger charge is -1.98. The van der Waals surface area contributed by atoms with Gasteiger partial charge in [0.05, 0.1) is 10.9 Å². The Labute approximate surface area is 85.4 Å². The molecule has 0 spiro atoms. The monoisotopic (exact) mass is 229 g/mol. The molecule has 5 nitrogen and oxygen atoms in total. The normalized spacial score (nSPS) is 12.2. The highest BCUT2D eigenvalue weighted by Gasteiger charge is 2.21. The molecular formula is C8H8FN3O2S. The van der Waals surface area contributed by atoms with Gasteiger partial charge in [-0.25, -0.2) is 17.9 Å². The van der Waals surface area contributed by atoms with Gasteiger partial charge in [0.15, 0.2) is 5.03 Å². The number of rotatable bonds is 1. The van der Waals surface area contributed by atoms with Crippen molar-refractivity contribution >= 4 is 20.9 Å². The van der Waals surface area contributed by atoms with Crippen LogP contribution in [0.1, 0.15) is 0 Å². The molecule has 2 aromatic rings. The zero-order valence-electron chi connectivity index (χ0n) is 7.81. The van der Waals surface area contributed by atoms with Crippen molar-refractivity contribution in [3.8, 4) is 0 Å². The number of nitrogens with zero attached hydrogens (tertiary/aromatic N) is 2. The van der Waals surface area contributed by atoms with Crippen molar-refractivity contribution in [2.24, 2.45) is 12.2 Å². The minimum atomic E-state index is -3.98. The lowest BCUT2D eigenvalue weighted by molar-refractivity contribution is 0.578. The molecule has 80 valence electrons. The lowest BCUT2D eigenvalue weighted by Crippen LogP contribution is -2.16. The molecule has 0 atom stereocenters. The molecule has 0 bridgehead atoms. The van der Waals surface area contributed by atoms with Crippen molar-refractivity contribution in [1.29, 1.82) is 0 Å². The topological polar surface area (TPSA) is 78.0 Å². The van der Waals surface area contributed by atoms with Crippen LogP contribution < -0.4 is 5.14 Å². The third-order valence-electron chi connectivity index (χ3n) is 2.03.